The van der Waals surface area contributed by atoms with Crippen LogP contribution in [-0.4, -0.2) is 30.2 Å². The molecule has 2 N–H and O–H groups in total. The van der Waals surface area contributed by atoms with Crippen LogP contribution in [0.25, 0.3) is 0 Å². The molecule has 1 aromatic rings. The number of hydrogen-bond acceptors (Lipinski definition) is 5. The van der Waals surface area contributed by atoms with Gasteiger partial charge < -0.3 is 15.2 Å². The Bertz CT molecular complexity index is 389. The molecule has 1 heterocycles. The van der Waals surface area contributed by atoms with E-state index in [2.05, 4.69) is 5.32 Å². The van der Waals surface area contributed by atoms with E-state index in [9.17, 15) is 9.59 Å². The van der Waals surface area contributed by atoms with Crippen molar-refractivity contribution in [3.05, 3.63) is 21.9 Å². The van der Waals surface area contributed by atoms with Gasteiger partial charge in [0.2, 0.25) is 0 Å². The van der Waals surface area contributed by atoms with Crippen LogP contribution in [0.15, 0.2) is 11.4 Å². The van der Waals surface area contributed by atoms with E-state index in [1.54, 1.807) is 18.4 Å². The number of carboxylic acids is 1. The Labute approximate surface area is 103 Å². The van der Waals surface area contributed by atoms with Crippen molar-refractivity contribution in [1.29, 1.82) is 0 Å². The lowest BCUT2D eigenvalue weighted by Crippen LogP contribution is -2.18. The number of rotatable bonds is 7. The molecule has 6 heteroatoms. The van der Waals surface area contributed by atoms with E-state index in [0.717, 1.165) is 4.88 Å². The van der Waals surface area contributed by atoms with Gasteiger partial charge >= 0.3 is 11.9 Å². The zero-order valence-electron chi connectivity index (χ0n) is 9.56. The van der Waals surface area contributed by atoms with Crippen LogP contribution in [0, 0.1) is 0 Å². The first kappa shape index (κ1) is 13.7. The molecule has 0 aliphatic carbocycles. The lowest BCUT2D eigenvalue weighted by atomic mass is 10.3. The summed E-state index contributed by atoms with van der Waals surface area (Å²) in [5.74, 6) is -1.14. The maximum Gasteiger partial charge on any atom is 0.336 e. The van der Waals surface area contributed by atoms with Gasteiger partial charge in [-0.1, -0.05) is 0 Å². The topological polar surface area (TPSA) is 75.6 Å². The second-order valence-corrected chi connectivity index (χ2v) is 4.33. The van der Waals surface area contributed by atoms with E-state index >= 15 is 0 Å². The number of carboxylic acid groups (broad SMARTS) is 1. The summed E-state index contributed by atoms with van der Waals surface area (Å²) < 4.78 is 4.78. The Balaban J connectivity index is 2.22. The number of carbonyl (C=O) groups excluding carboxylic acids is 1. The summed E-state index contributed by atoms with van der Waals surface area (Å²) in [6, 6.07) is 1.63. The molecule has 0 aliphatic heterocycles. The third-order valence-electron chi connectivity index (χ3n) is 2.01. The molecular weight excluding hydrogens is 242 g/mol. The highest BCUT2D eigenvalue weighted by atomic mass is 32.1. The fraction of sp³-hybridized carbons (Fsp3) is 0.455. The van der Waals surface area contributed by atoms with Crippen molar-refractivity contribution in [3.8, 4) is 0 Å². The number of thiophene rings is 1. The SMILES string of the molecule is CCOC(=O)CCNCc1cc(C(=O)O)cs1. The summed E-state index contributed by atoms with van der Waals surface area (Å²) in [7, 11) is 0. The van der Waals surface area contributed by atoms with Gasteiger partial charge in [0.1, 0.15) is 0 Å². The molecule has 0 atom stereocenters. The second kappa shape index (κ2) is 7.03. The molecule has 0 saturated carbocycles. The van der Waals surface area contributed by atoms with Crippen LogP contribution in [0.2, 0.25) is 0 Å². The Morgan fingerprint density at radius 2 is 2.29 bits per heavy atom. The third-order valence-corrected chi connectivity index (χ3v) is 2.95. The largest absolute Gasteiger partial charge is 0.478 e. The summed E-state index contributed by atoms with van der Waals surface area (Å²) in [5, 5.41) is 13.4. The number of carbonyl (C=O) groups is 2. The van der Waals surface area contributed by atoms with Crippen LogP contribution in [0.3, 0.4) is 0 Å². The van der Waals surface area contributed by atoms with Crippen molar-refractivity contribution in [2.24, 2.45) is 0 Å². The van der Waals surface area contributed by atoms with Crippen molar-refractivity contribution in [1.82, 2.24) is 5.32 Å². The summed E-state index contributed by atoms with van der Waals surface area (Å²) in [5.41, 5.74) is 0.303. The van der Waals surface area contributed by atoms with Gasteiger partial charge in [-0.3, -0.25) is 4.79 Å². The van der Waals surface area contributed by atoms with Gasteiger partial charge in [-0.25, -0.2) is 4.79 Å². The lowest BCUT2D eigenvalue weighted by Gasteiger charge is -2.02. The minimum Gasteiger partial charge on any atom is -0.478 e. The van der Waals surface area contributed by atoms with E-state index in [0.29, 0.717) is 31.7 Å². The summed E-state index contributed by atoms with van der Waals surface area (Å²) in [4.78, 5) is 22.6. The minimum absolute atomic E-state index is 0.225. The normalized spacial score (nSPS) is 10.2. The summed E-state index contributed by atoms with van der Waals surface area (Å²) in [6.07, 6.45) is 0.324. The van der Waals surface area contributed by atoms with Crippen LogP contribution < -0.4 is 5.32 Å². The maximum absolute atomic E-state index is 11.0. The van der Waals surface area contributed by atoms with Crippen molar-refractivity contribution in [3.63, 3.8) is 0 Å². The molecule has 1 aromatic heterocycles. The van der Waals surface area contributed by atoms with Crippen LogP contribution in [0.5, 0.6) is 0 Å². The predicted molar refractivity (Wildman–Crippen MR) is 64.2 cm³/mol. The molecule has 0 aromatic carbocycles. The molecule has 0 amide bonds. The van der Waals surface area contributed by atoms with Crippen LogP contribution >= 0.6 is 11.3 Å². The molecule has 1 rings (SSSR count). The maximum atomic E-state index is 11.0. The Hall–Kier alpha value is -1.40. The highest BCUT2D eigenvalue weighted by Gasteiger charge is 2.06. The summed E-state index contributed by atoms with van der Waals surface area (Å²) >= 11 is 1.39. The lowest BCUT2D eigenvalue weighted by molar-refractivity contribution is -0.142. The van der Waals surface area contributed by atoms with Crippen LogP contribution in [-0.2, 0) is 16.1 Å². The van der Waals surface area contributed by atoms with Gasteiger partial charge in [0.15, 0.2) is 0 Å². The molecule has 0 fully saturated rings. The van der Waals surface area contributed by atoms with Gasteiger partial charge in [0, 0.05) is 23.3 Å². The Kier molecular flexibility index (Phi) is 5.65. The monoisotopic (exact) mass is 257 g/mol. The van der Waals surface area contributed by atoms with Crippen molar-refractivity contribution >= 4 is 23.3 Å². The third kappa shape index (κ3) is 4.97. The van der Waals surface area contributed by atoms with Crippen LogP contribution in [0.4, 0.5) is 0 Å². The van der Waals surface area contributed by atoms with Crippen LogP contribution in [0.1, 0.15) is 28.6 Å². The highest BCUT2D eigenvalue weighted by Crippen LogP contribution is 2.14. The molecule has 0 unspecified atom stereocenters. The zero-order valence-corrected chi connectivity index (χ0v) is 10.4. The molecule has 17 heavy (non-hydrogen) atoms. The number of ether oxygens (including phenoxy) is 1. The fourth-order valence-electron chi connectivity index (χ4n) is 1.22. The second-order valence-electron chi connectivity index (χ2n) is 3.34. The molecule has 0 bridgehead atoms. The quantitative estimate of drug-likeness (QED) is 0.571. The zero-order chi connectivity index (χ0) is 12.7. The first-order chi connectivity index (χ1) is 8.13. The molecule has 5 nitrogen and oxygen atoms in total. The van der Waals surface area contributed by atoms with Gasteiger partial charge in [0.05, 0.1) is 18.6 Å². The first-order valence-electron chi connectivity index (χ1n) is 5.30. The number of aromatic carboxylic acids is 1. The average molecular weight is 257 g/mol. The number of esters is 1. The molecule has 0 saturated heterocycles. The predicted octanol–water partition coefficient (Wildman–Crippen LogP) is 1.49. The Morgan fingerprint density at radius 1 is 1.53 bits per heavy atom. The summed E-state index contributed by atoms with van der Waals surface area (Å²) in [6.45, 7) is 3.26. The molecule has 0 radical (unpaired) electrons. The molecule has 94 valence electrons. The van der Waals surface area contributed by atoms with E-state index in [1.807, 2.05) is 0 Å². The van der Waals surface area contributed by atoms with Gasteiger partial charge in [-0.05, 0) is 13.0 Å². The van der Waals surface area contributed by atoms with Crippen molar-refractivity contribution in [2.45, 2.75) is 19.9 Å². The van der Waals surface area contributed by atoms with Gasteiger partial charge in [-0.15, -0.1) is 11.3 Å². The van der Waals surface area contributed by atoms with E-state index in [1.165, 1.54) is 11.3 Å². The standard InChI is InChI=1S/C11H15NO4S/c1-2-16-10(13)3-4-12-6-9-5-8(7-17-9)11(14)15/h5,7,12H,2-4,6H2,1H3,(H,14,15). The van der Waals surface area contributed by atoms with Gasteiger partial charge in [0.25, 0.3) is 0 Å². The van der Waals surface area contributed by atoms with Gasteiger partial charge in [-0.2, -0.15) is 0 Å². The van der Waals surface area contributed by atoms with Crippen molar-refractivity contribution in [2.75, 3.05) is 13.2 Å². The smallest absolute Gasteiger partial charge is 0.336 e. The molecule has 0 spiro atoms. The van der Waals surface area contributed by atoms with E-state index in [-0.39, 0.29) is 5.97 Å². The van der Waals surface area contributed by atoms with E-state index in [4.69, 9.17) is 9.84 Å². The Morgan fingerprint density at radius 3 is 2.88 bits per heavy atom. The fourth-order valence-corrected chi connectivity index (χ4v) is 2.05. The molecular formula is C11H15NO4S. The number of hydrogen-bond donors (Lipinski definition) is 2. The minimum atomic E-state index is -0.918. The highest BCUT2D eigenvalue weighted by molar-refractivity contribution is 7.10. The molecule has 0 aliphatic rings. The van der Waals surface area contributed by atoms with E-state index < -0.39 is 5.97 Å². The average Bonchev–Trinajstić information content (AvgIpc) is 2.73. The number of nitrogens with one attached hydrogen (secondary N) is 1. The van der Waals surface area contributed by atoms with Crippen molar-refractivity contribution < 1.29 is 19.4 Å². The first-order valence-corrected chi connectivity index (χ1v) is 6.18.